The van der Waals surface area contributed by atoms with E-state index in [1.165, 1.54) is 5.56 Å². The van der Waals surface area contributed by atoms with Gasteiger partial charge in [-0.05, 0) is 37.5 Å². The predicted octanol–water partition coefficient (Wildman–Crippen LogP) is 5.07. The first-order valence-electron chi connectivity index (χ1n) is 8.50. The fourth-order valence-electron chi connectivity index (χ4n) is 3.22. The summed E-state index contributed by atoms with van der Waals surface area (Å²) in [6.07, 6.45) is 1.88. The number of rotatable bonds is 4. The van der Waals surface area contributed by atoms with Gasteiger partial charge in [-0.25, -0.2) is 0 Å². The van der Waals surface area contributed by atoms with Crippen LogP contribution in [0.3, 0.4) is 0 Å². The van der Waals surface area contributed by atoms with E-state index in [-0.39, 0.29) is 5.43 Å². The van der Waals surface area contributed by atoms with Crippen LogP contribution in [0.2, 0.25) is 0 Å². The van der Waals surface area contributed by atoms with Crippen molar-refractivity contribution in [1.29, 1.82) is 0 Å². The quantitative estimate of drug-likeness (QED) is 0.658. The molecule has 0 radical (unpaired) electrons. The summed E-state index contributed by atoms with van der Waals surface area (Å²) in [6, 6.07) is 20.4. The predicted molar refractivity (Wildman–Crippen MR) is 101 cm³/mol. The number of para-hydroxylation sites is 1. The van der Waals surface area contributed by atoms with Crippen molar-refractivity contribution in [3.05, 3.63) is 87.7 Å². The number of hydrogen-bond acceptors (Lipinski definition) is 1. The van der Waals surface area contributed by atoms with Crippen LogP contribution < -0.4 is 5.43 Å². The molecule has 122 valence electrons. The highest BCUT2D eigenvalue weighted by Gasteiger charge is 2.16. The summed E-state index contributed by atoms with van der Waals surface area (Å²) >= 11 is 0. The zero-order chi connectivity index (χ0) is 17.1. The zero-order valence-electron chi connectivity index (χ0n) is 14.5. The molecule has 3 rings (SSSR count). The number of aryl methyl sites for hydroxylation is 2. The normalized spacial score (nSPS) is 10.8. The van der Waals surface area contributed by atoms with Gasteiger partial charge < -0.3 is 4.57 Å². The van der Waals surface area contributed by atoms with Gasteiger partial charge in [0.15, 0.2) is 5.43 Å². The van der Waals surface area contributed by atoms with E-state index in [4.69, 9.17) is 0 Å². The van der Waals surface area contributed by atoms with Crippen molar-refractivity contribution in [3.8, 4) is 16.9 Å². The van der Waals surface area contributed by atoms with E-state index in [9.17, 15) is 4.79 Å². The molecule has 0 bridgehead atoms. The molecule has 0 aliphatic heterocycles. The van der Waals surface area contributed by atoms with Crippen LogP contribution in [0.15, 0.2) is 65.5 Å². The molecule has 0 aliphatic rings. The lowest BCUT2D eigenvalue weighted by Gasteiger charge is -2.22. The Kier molecular flexibility index (Phi) is 4.66. The minimum absolute atomic E-state index is 0.113. The third-order valence-corrected chi connectivity index (χ3v) is 4.44. The van der Waals surface area contributed by atoms with Crippen molar-refractivity contribution in [2.24, 2.45) is 0 Å². The SMILES string of the molecule is CCCc1cc(=O)c(C)c(-c2ccccc2)n1-c1ccccc1C. The first-order chi connectivity index (χ1) is 11.6. The minimum Gasteiger partial charge on any atom is -0.313 e. The van der Waals surface area contributed by atoms with E-state index < -0.39 is 0 Å². The molecule has 3 aromatic rings. The fourth-order valence-corrected chi connectivity index (χ4v) is 3.22. The second-order valence-corrected chi connectivity index (χ2v) is 6.21. The van der Waals surface area contributed by atoms with Gasteiger partial charge in [0.25, 0.3) is 0 Å². The molecular formula is C22H23NO. The largest absolute Gasteiger partial charge is 0.313 e. The third-order valence-electron chi connectivity index (χ3n) is 4.44. The summed E-state index contributed by atoms with van der Waals surface area (Å²) in [5, 5.41) is 0. The summed E-state index contributed by atoms with van der Waals surface area (Å²) in [5.41, 5.74) is 6.40. The number of pyridine rings is 1. The van der Waals surface area contributed by atoms with Gasteiger partial charge >= 0.3 is 0 Å². The average molecular weight is 317 g/mol. The van der Waals surface area contributed by atoms with Gasteiger partial charge in [-0.3, -0.25) is 4.79 Å². The monoisotopic (exact) mass is 317 g/mol. The first kappa shape index (κ1) is 16.3. The molecule has 1 heterocycles. The Morgan fingerprint density at radius 3 is 2.25 bits per heavy atom. The van der Waals surface area contributed by atoms with E-state index in [2.05, 4.69) is 54.8 Å². The van der Waals surface area contributed by atoms with Crippen LogP contribution in [0.5, 0.6) is 0 Å². The van der Waals surface area contributed by atoms with Crippen molar-refractivity contribution < 1.29 is 0 Å². The zero-order valence-corrected chi connectivity index (χ0v) is 14.5. The molecule has 2 aromatic carbocycles. The van der Waals surface area contributed by atoms with Gasteiger partial charge in [-0.2, -0.15) is 0 Å². The van der Waals surface area contributed by atoms with Crippen molar-refractivity contribution in [2.45, 2.75) is 33.6 Å². The standard InChI is InChI=1S/C22H23NO/c1-4-10-19-15-21(24)17(3)22(18-12-6-5-7-13-18)23(19)20-14-9-8-11-16(20)2/h5-9,11-15H,4,10H2,1-3H3. The van der Waals surface area contributed by atoms with Crippen molar-refractivity contribution in [1.82, 2.24) is 4.57 Å². The van der Waals surface area contributed by atoms with Gasteiger partial charge in [0, 0.05) is 23.0 Å². The summed E-state index contributed by atoms with van der Waals surface area (Å²) in [5.74, 6) is 0. The Morgan fingerprint density at radius 1 is 0.917 bits per heavy atom. The van der Waals surface area contributed by atoms with E-state index in [1.54, 1.807) is 6.07 Å². The summed E-state index contributed by atoms with van der Waals surface area (Å²) in [4.78, 5) is 12.6. The molecule has 0 spiro atoms. The van der Waals surface area contributed by atoms with Gasteiger partial charge in [0.2, 0.25) is 0 Å². The van der Waals surface area contributed by atoms with Crippen molar-refractivity contribution in [2.75, 3.05) is 0 Å². The molecule has 2 nitrogen and oxygen atoms in total. The van der Waals surface area contributed by atoms with E-state index in [0.29, 0.717) is 0 Å². The Labute approximate surface area is 143 Å². The van der Waals surface area contributed by atoms with Crippen LogP contribution in [0.25, 0.3) is 16.9 Å². The Balaban J connectivity index is 2.43. The van der Waals surface area contributed by atoms with Crippen LogP contribution in [0, 0.1) is 13.8 Å². The maximum absolute atomic E-state index is 12.6. The number of aromatic nitrogens is 1. The Bertz CT molecular complexity index is 907. The maximum atomic E-state index is 12.6. The highest BCUT2D eigenvalue weighted by atomic mass is 16.1. The molecule has 0 saturated carbocycles. The first-order valence-corrected chi connectivity index (χ1v) is 8.50. The van der Waals surface area contributed by atoms with E-state index >= 15 is 0 Å². The van der Waals surface area contributed by atoms with E-state index in [1.807, 2.05) is 25.1 Å². The molecule has 0 N–H and O–H groups in total. The molecule has 2 heteroatoms. The van der Waals surface area contributed by atoms with Gasteiger partial charge in [-0.15, -0.1) is 0 Å². The lowest BCUT2D eigenvalue weighted by Crippen LogP contribution is -2.18. The number of nitrogens with zero attached hydrogens (tertiary/aromatic N) is 1. The summed E-state index contributed by atoms with van der Waals surface area (Å²) in [7, 11) is 0. The molecule has 0 fully saturated rings. The summed E-state index contributed by atoms with van der Waals surface area (Å²) in [6.45, 7) is 6.19. The lowest BCUT2D eigenvalue weighted by atomic mass is 10.0. The second kappa shape index (κ2) is 6.88. The molecule has 0 atom stereocenters. The minimum atomic E-state index is 0.113. The third kappa shape index (κ3) is 2.92. The topological polar surface area (TPSA) is 22.0 Å². The highest BCUT2D eigenvalue weighted by molar-refractivity contribution is 5.67. The fraction of sp³-hybridized carbons (Fsp3) is 0.227. The lowest BCUT2D eigenvalue weighted by molar-refractivity contribution is 0.822. The smallest absolute Gasteiger partial charge is 0.185 e. The molecule has 0 unspecified atom stereocenters. The molecular weight excluding hydrogens is 294 g/mol. The molecule has 1 aromatic heterocycles. The molecule has 0 amide bonds. The summed E-state index contributed by atoms with van der Waals surface area (Å²) < 4.78 is 2.27. The number of benzene rings is 2. The Hall–Kier alpha value is -2.61. The maximum Gasteiger partial charge on any atom is 0.185 e. The molecule has 0 saturated heterocycles. The molecule has 24 heavy (non-hydrogen) atoms. The molecule has 0 aliphatic carbocycles. The van der Waals surface area contributed by atoms with Crippen molar-refractivity contribution >= 4 is 0 Å². The van der Waals surface area contributed by atoms with Crippen LogP contribution in [0.4, 0.5) is 0 Å². The van der Waals surface area contributed by atoms with Crippen LogP contribution in [-0.4, -0.2) is 4.57 Å². The number of hydrogen-bond donors (Lipinski definition) is 0. The van der Waals surface area contributed by atoms with E-state index in [0.717, 1.165) is 41.0 Å². The van der Waals surface area contributed by atoms with Gasteiger partial charge in [-0.1, -0.05) is 61.9 Å². The average Bonchev–Trinajstić information content (AvgIpc) is 2.59. The Morgan fingerprint density at radius 2 is 1.58 bits per heavy atom. The van der Waals surface area contributed by atoms with Crippen LogP contribution >= 0.6 is 0 Å². The van der Waals surface area contributed by atoms with Crippen LogP contribution in [-0.2, 0) is 6.42 Å². The van der Waals surface area contributed by atoms with Gasteiger partial charge in [0.1, 0.15) is 0 Å². The second-order valence-electron chi connectivity index (χ2n) is 6.21. The van der Waals surface area contributed by atoms with Gasteiger partial charge in [0.05, 0.1) is 5.69 Å². The highest BCUT2D eigenvalue weighted by Crippen LogP contribution is 2.28. The van der Waals surface area contributed by atoms with Crippen LogP contribution in [0.1, 0.15) is 30.2 Å². The van der Waals surface area contributed by atoms with Crippen molar-refractivity contribution in [3.63, 3.8) is 0 Å².